The van der Waals surface area contributed by atoms with Crippen molar-refractivity contribution in [1.82, 2.24) is 0 Å². The Morgan fingerprint density at radius 1 is 1.20 bits per heavy atom. The van der Waals surface area contributed by atoms with Crippen LogP contribution in [0.3, 0.4) is 0 Å². The normalized spacial score (nSPS) is 10.8. The molecule has 0 unspecified atom stereocenters. The summed E-state index contributed by atoms with van der Waals surface area (Å²) in [6.07, 6.45) is 0. The highest BCUT2D eigenvalue weighted by molar-refractivity contribution is 5.82. The molecule has 0 bridgehead atoms. The Hall–Kier alpha value is -3.06. The van der Waals surface area contributed by atoms with E-state index in [1.165, 1.54) is 11.6 Å². The van der Waals surface area contributed by atoms with E-state index < -0.39 is 5.63 Å². The van der Waals surface area contributed by atoms with Gasteiger partial charge in [-0.05, 0) is 54.3 Å². The molecule has 3 aromatic rings. The van der Waals surface area contributed by atoms with Crippen LogP contribution in [0.1, 0.15) is 42.0 Å². The summed E-state index contributed by atoms with van der Waals surface area (Å²) >= 11 is 0. The predicted octanol–water partition coefficient (Wildman–Crippen LogP) is 4.68. The van der Waals surface area contributed by atoms with Crippen molar-refractivity contribution in [2.75, 3.05) is 0 Å². The summed E-state index contributed by atoms with van der Waals surface area (Å²) in [7, 11) is 0. The molecule has 0 N–H and O–H groups in total. The average Bonchev–Trinajstić information content (AvgIpc) is 2.58. The molecule has 0 atom stereocenters. The van der Waals surface area contributed by atoms with Crippen molar-refractivity contribution in [2.24, 2.45) is 0 Å². The largest absolute Gasteiger partial charge is 0.489 e. The molecular weight excluding hydrogens is 314 g/mol. The lowest BCUT2D eigenvalue weighted by molar-refractivity contribution is 0.306. The van der Waals surface area contributed by atoms with E-state index in [9.17, 15) is 4.79 Å². The lowest BCUT2D eigenvalue weighted by Gasteiger charge is -2.13. The fraction of sp³-hybridized carbons (Fsp3) is 0.238. The first-order chi connectivity index (χ1) is 12.0. The number of nitrogens with zero attached hydrogens (tertiary/aromatic N) is 1. The summed E-state index contributed by atoms with van der Waals surface area (Å²) in [5, 5.41) is 9.85. The maximum Gasteiger partial charge on any atom is 0.336 e. The molecule has 0 aliphatic rings. The predicted molar refractivity (Wildman–Crippen MR) is 96.8 cm³/mol. The number of rotatable bonds is 4. The minimum absolute atomic E-state index is 0.234. The lowest BCUT2D eigenvalue weighted by Crippen LogP contribution is -2.05. The number of aryl methyl sites for hydroxylation is 1. The first-order valence-electron chi connectivity index (χ1n) is 8.18. The van der Waals surface area contributed by atoms with E-state index in [-0.39, 0.29) is 6.61 Å². The molecule has 0 fully saturated rings. The fourth-order valence-electron chi connectivity index (χ4n) is 2.95. The van der Waals surface area contributed by atoms with Gasteiger partial charge in [-0.2, -0.15) is 5.26 Å². The van der Waals surface area contributed by atoms with Gasteiger partial charge < -0.3 is 9.15 Å². The zero-order valence-electron chi connectivity index (χ0n) is 14.5. The van der Waals surface area contributed by atoms with E-state index in [0.717, 1.165) is 16.5 Å². The van der Waals surface area contributed by atoms with E-state index in [0.29, 0.717) is 22.8 Å². The van der Waals surface area contributed by atoms with Crippen LogP contribution >= 0.6 is 0 Å². The molecule has 0 saturated carbocycles. The van der Waals surface area contributed by atoms with Crippen LogP contribution in [0.5, 0.6) is 5.75 Å². The van der Waals surface area contributed by atoms with Crippen LogP contribution in [0.15, 0.2) is 51.7 Å². The molecule has 4 heteroatoms. The van der Waals surface area contributed by atoms with Gasteiger partial charge >= 0.3 is 5.63 Å². The van der Waals surface area contributed by atoms with E-state index in [4.69, 9.17) is 14.4 Å². The molecule has 0 radical (unpaired) electrons. The van der Waals surface area contributed by atoms with E-state index >= 15 is 0 Å². The maximum absolute atomic E-state index is 11.9. The second-order valence-electron chi connectivity index (χ2n) is 6.38. The first kappa shape index (κ1) is 16.8. The third kappa shape index (κ3) is 3.56. The minimum Gasteiger partial charge on any atom is -0.489 e. The maximum atomic E-state index is 11.9. The van der Waals surface area contributed by atoms with Crippen LogP contribution < -0.4 is 10.4 Å². The lowest BCUT2D eigenvalue weighted by atomic mass is 9.95. The summed E-state index contributed by atoms with van der Waals surface area (Å²) in [5.41, 5.74) is 3.80. The SMILES string of the molecule is Cc1cc2oc(=O)cc(COc3cccc(C#N)c3)c2cc1C(C)C. The van der Waals surface area contributed by atoms with Gasteiger partial charge in [0, 0.05) is 17.0 Å². The Balaban J connectivity index is 2.01. The van der Waals surface area contributed by atoms with E-state index in [1.807, 2.05) is 13.0 Å². The van der Waals surface area contributed by atoms with Gasteiger partial charge in [-0.15, -0.1) is 0 Å². The van der Waals surface area contributed by atoms with Gasteiger partial charge in [0.15, 0.2) is 0 Å². The Morgan fingerprint density at radius 2 is 2.00 bits per heavy atom. The summed E-state index contributed by atoms with van der Waals surface area (Å²) in [6.45, 7) is 6.52. The highest BCUT2D eigenvalue weighted by Crippen LogP contribution is 2.27. The molecule has 1 aromatic heterocycles. The second-order valence-corrected chi connectivity index (χ2v) is 6.38. The Morgan fingerprint density at radius 3 is 2.72 bits per heavy atom. The van der Waals surface area contributed by atoms with Crippen molar-refractivity contribution >= 4 is 11.0 Å². The van der Waals surface area contributed by atoms with Crippen molar-refractivity contribution in [2.45, 2.75) is 33.3 Å². The van der Waals surface area contributed by atoms with Gasteiger partial charge in [-0.1, -0.05) is 19.9 Å². The van der Waals surface area contributed by atoms with Crippen molar-refractivity contribution in [3.05, 3.63) is 75.1 Å². The summed E-state index contributed by atoms with van der Waals surface area (Å²) < 4.78 is 11.1. The van der Waals surface area contributed by atoms with Gasteiger partial charge in [0.25, 0.3) is 0 Å². The monoisotopic (exact) mass is 333 g/mol. The minimum atomic E-state index is -0.395. The Kier molecular flexibility index (Phi) is 4.58. The number of fused-ring (bicyclic) bond motifs is 1. The smallest absolute Gasteiger partial charge is 0.336 e. The van der Waals surface area contributed by atoms with Gasteiger partial charge in [-0.25, -0.2) is 4.79 Å². The first-order valence-corrected chi connectivity index (χ1v) is 8.18. The molecule has 0 saturated heterocycles. The number of ether oxygens (including phenoxy) is 1. The molecule has 126 valence electrons. The molecule has 4 nitrogen and oxygen atoms in total. The van der Waals surface area contributed by atoms with Crippen LogP contribution in [0, 0.1) is 18.3 Å². The average molecular weight is 333 g/mol. The molecule has 0 aliphatic heterocycles. The van der Waals surface area contributed by atoms with Gasteiger partial charge in [0.1, 0.15) is 17.9 Å². The zero-order chi connectivity index (χ0) is 18.0. The summed E-state index contributed by atoms with van der Waals surface area (Å²) in [4.78, 5) is 11.9. The molecule has 1 heterocycles. The number of hydrogen-bond donors (Lipinski definition) is 0. The molecule has 3 rings (SSSR count). The fourth-order valence-corrected chi connectivity index (χ4v) is 2.95. The number of hydrogen-bond acceptors (Lipinski definition) is 4. The van der Waals surface area contributed by atoms with Crippen LogP contribution in [-0.2, 0) is 6.61 Å². The van der Waals surface area contributed by atoms with Crippen molar-refractivity contribution < 1.29 is 9.15 Å². The third-order valence-electron chi connectivity index (χ3n) is 4.20. The highest BCUT2D eigenvalue weighted by atomic mass is 16.5. The molecule has 0 amide bonds. The molecule has 25 heavy (non-hydrogen) atoms. The van der Waals surface area contributed by atoms with Gasteiger partial charge in [-0.3, -0.25) is 0 Å². The van der Waals surface area contributed by atoms with Crippen molar-refractivity contribution in [1.29, 1.82) is 5.26 Å². The standard InChI is InChI=1S/C21H19NO3/c1-13(2)18-10-19-16(9-21(23)25-20(19)7-14(18)3)12-24-17-6-4-5-15(8-17)11-22/h4-10,13H,12H2,1-3H3. The highest BCUT2D eigenvalue weighted by Gasteiger charge is 2.12. The molecule has 0 spiro atoms. The quantitative estimate of drug-likeness (QED) is 0.651. The second kappa shape index (κ2) is 6.82. The van der Waals surface area contributed by atoms with Crippen LogP contribution in [-0.4, -0.2) is 0 Å². The molecular formula is C21H19NO3. The van der Waals surface area contributed by atoms with Crippen LogP contribution in [0.2, 0.25) is 0 Å². The molecule has 0 aliphatic carbocycles. The Bertz CT molecular complexity index is 1030. The topological polar surface area (TPSA) is 63.2 Å². The zero-order valence-corrected chi connectivity index (χ0v) is 14.5. The van der Waals surface area contributed by atoms with Gasteiger partial charge in [0.2, 0.25) is 0 Å². The van der Waals surface area contributed by atoms with E-state index in [2.05, 4.69) is 26.0 Å². The number of benzene rings is 2. The summed E-state index contributed by atoms with van der Waals surface area (Å²) in [5.74, 6) is 0.967. The van der Waals surface area contributed by atoms with Crippen molar-refractivity contribution in [3.63, 3.8) is 0 Å². The van der Waals surface area contributed by atoms with Crippen LogP contribution in [0.4, 0.5) is 0 Å². The van der Waals surface area contributed by atoms with Crippen LogP contribution in [0.25, 0.3) is 11.0 Å². The van der Waals surface area contributed by atoms with Crippen molar-refractivity contribution in [3.8, 4) is 11.8 Å². The molecule has 2 aromatic carbocycles. The van der Waals surface area contributed by atoms with Gasteiger partial charge in [0.05, 0.1) is 11.6 Å². The summed E-state index contributed by atoms with van der Waals surface area (Å²) in [6, 6.07) is 14.5. The van der Waals surface area contributed by atoms with E-state index in [1.54, 1.807) is 24.3 Å². The Labute approximate surface area is 146 Å². The third-order valence-corrected chi connectivity index (χ3v) is 4.20. The number of nitriles is 1.